The lowest BCUT2D eigenvalue weighted by molar-refractivity contribution is -0.113. The highest BCUT2D eigenvalue weighted by atomic mass is 35.5. The van der Waals surface area contributed by atoms with E-state index < -0.39 is 5.82 Å². The van der Waals surface area contributed by atoms with Crippen LogP contribution in [0.15, 0.2) is 76.7 Å². The monoisotopic (exact) mass is 467 g/mol. The van der Waals surface area contributed by atoms with Crippen molar-refractivity contribution >= 4 is 45.9 Å². The molecule has 5 nitrogen and oxygen atoms in total. The largest absolute Gasteiger partial charge is 0.325 e. The van der Waals surface area contributed by atoms with Gasteiger partial charge in [0.1, 0.15) is 5.82 Å². The number of nitrogens with one attached hydrogen (secondary N) is 1. The Bertz CT molecular complexity index is 1360. The van der Waals surface area contributed by atoms with Gasteiger partial charge in [-0.2, -0.15) is 0 Å². The van der Waals surface area contributed by atoms with E-state index in [9.17, 15) is 14.0 Å². The molecule has 0 fully saturated rings. The zero-order chi connectivity index (χ0) is 22.7. The SMILES string of the molecule is CCc1ccc(-n2c(SCC(=O)Nc3ccc(F)c(Cl)c3)nc3ccccc3c2=O)cc1. The second-order valence-electron chi connectivity index (χ2n) is 7.04. The first-order valence-corrected chi connectivity index (χ1v) is 11.3. The van der Waals surface area contributed by atoms with Gasteiger partial charge in [-0.1, -0.05) is 54.6 Å². The molecule has 8 heteroatoms. The third-order valence-corrected chi connectivity index (χ3v) is 6.11. The van der Waals surface area contributed by atoms with Gasteiger partial charge in [0.25, 0.3) is 5.56 Å². The molecule has 1 N–H and O–H groups in total. The lowest BCUT2D eigenvalue weighted by Gasteiger charge is -2.14. The van der Waals surface area contributed by atoms with Crippen molar-refractivity contribution in [1.82, 2.24) is 9.55 Å². The maximum atomic E-state index is 13.3. The lowest BCUT2D eigenvalue weighted by Crippen LogP contribution is -2.23. The van der Waals surface area contributed by atoms with Crippen molar-refractivity contribution in [3.63, 3.8) is 0 Å². The number of carbonyl (C=O) groups is 1. The summed E-state index contributed by atoms with van der Waals surface area (Å²) in [6.45, 7) is 2.06. The Morgan fingerprint density at radius 2 is 1.88 bits per heavy atom. The smallest absolute Gasteiger partial charge is 0.266 e. The number of aromatic nitrogens is 2. The first kappa shape index (κ1) is 22.0. The van der Waals surface area contributed by atoms with Crippen LogP contribution in [0.3, 0.4) is 0 Å². The molecule has 0 aliphatic heterocycles. The third-order valence-electron chi connectivity index (χ3n) is 4.88. The first-order chi connectivity index (χ1) is 15.5. The Hall–Kier alpha value is -3.16. The number of hydrogen-bond donors (Lipinski definition) is 1. The molecule has 4 rings (SSSR count). The number of rotatable bonds is 6. The summed E-state index contributed by atoms with van der Waals surface area (Å²) in [5.41, 5.74) is 2.59. The van der Waals surface area contributed by atoms with Gasteiger partial charge in [-0.05, 0) is 54.4 Å². The Balaban J connectivity index is 1.65. The van der Waals surface area contributed by atoms with E-state index in [1.165, 1.54) is 22.8 Å². The summed E-state index contributed by atoms with van der Waals surface area (Å²) >= 11 is 6.92. The van der Waals surface area contributed by atoms with Gasteiger partial charge in [0.2, 0.25) is 5.91 Å². The van der Waals surface area contributed by atoms with E-state index in [-0.39, 0.29) is 22.2 Å². The minimum absolute atomic E-state index is 0.00677. The fourth-order valence-corrected chi connectivity index (χ4v) is 4.21. The highest BCUT2D eigenvalue weighted by Gasteiger charge is 2.15. The molecule has 0 spiro atoms. The Labute approximate surface area is 193 Å². The summed E-state index contributed by atoms with van der Waals surface area (Å²) in [7, 11) is 0. The number of anilines is 1. The van der Waals surface area contributed by atoms with E-state index in [1.54, 1.807) is 18.2 Å². The molecule has 0 saturated heterocycles. The van der Waals surface area contributed by atoms with Crippen molar-refractivity contribution in [3.8, 4) is 5.69 Å². The standard InChI is InChI=1S/C24H19ClFN3O2S/c1-2-15-7-10-17(11-8-15)29-23(31)18-5-3-4-6-21(18)28-24(29)32-14-22(30)27-16-9-12-20(26)19(25)13-16/h3-13H,2,14H2,1H3,(H,27,30). The average molecular weight is 468 g/mol. The molecular formula is C24H19ClFN3O2S. The zero-order valence-corrected chi connectivity index (χ0v) is 18.7. The zero-order valence-electron chi connectivity index (χ0n) is 17.1. The molecule has 0 saturated carbocycles. The maximum Gasteiger partial charge on any atom is 0.266 e. The van der Waals surface area contributed by atoms with Crippen LogP contribution in [0, 0.1) is 5.82 Å². The summed E-state index contributed by atoms with van der Waals surface area (Å²) in [5, 5.41) is 3.52. The van der Waals surface area contributed by atoms with Crippen molar-refractivity contribution < 1.29 is 9.18 Å². The summed E-state index contributed by atoms with van der Waals surface area (Å²) in [6.07, 6.45) is 0.889. The molecule has 4 aromatic rings. The number of carbonyl (C=O) groups excluding carboxylic acids is 1. The van der Waals surface area contributed by atoms with Crippen LogP contribution >= 0.6 is 23.4 Å². The Morgan fingerprint density at radius 1 is 1.12 bits per heavy atom. The van der Waals surface area contributed by atoms with Crippen molar-refractivity contribution in [1.29, 1.82) is 0 Å². The van der Waals surface area contributed by atoms with E-state index in [0.29, 0.717) is 27.4 Å². The fourth-order valence-electron chi connectivity index (χ4n) is 3.22. The van der Waals surface area contributed by atoms with Crippen LogP contribution in [-0.2, 0) is 11.2 Å². The molecule has 1 amide bonds. The van der Waals surface area contributed by atoms with Gasteiger partial charge in [0.15, 0.2) is 5.16 Å². The number of benzene rings is 3. The van der Waals surface area contributed by atoms with E-state index in [1.807, 2.05) is 30.3 Å². The quantitative estimate of drug-likeness (QED) is 0.301. The second kappa shape index (κ2) is 9.54. The van der Waals surface area contributed by atoms with Crippen LogP contribution in [0.4, 0.5) is 10.1 Å². The molecule has 1 aromatic heterocycles. The minimum Gasteiger partial charge on any atom is -0.325 e. The van der Waals surface area contributed by atoms with Gasteiger partial charge in [0, 0.05) is 5.69 Å². The highest BCUT2D eigenvalue weighted by Crippen LogP contribution is 2.23. The normalized spacial score (nSPS) is 11.0. The lowest BCUT2D eigenvalue weighted by atomic mass is 10.1. The second-order valence-corrected chi connectivity index (χ2v) is 8.39. The fraction of sp³-hybridized carbons (Fsp3) is 0.125. The number of halogens is 2. The molecule has 3 aromatic carbocycles. The molecule has 0 aliphatic rings. The van der Waals surface area contributed by atoms with Gasteiger partial charge in [0.05, 0.1) is 27.4 Å². The molecule has 0 aliphatic carbocycles. The number of nitrogens with zero attached hydrogens (tertiary/aromatic N) is 2. The minimum atomic E-state index is -0.558. The summed E-state index contributed by atoms with van der Waals surface area (Å²) in [4.78, 5) is 30.4. The molecular weight excluding hydrogens is 449 g/mol. The number of hydrogen-bond acceptors (Lipinski definition) is 4. The topological polar surface area (TPSA) is 64.0 Å². The summed E-state index contributed by atoms with van der Waals surface area (Å²) in [5.74, 6) is -0.877. The number of para-hydroxylation sites is 1. The Kier molecular flexibility index (Phi) is 6.58. The average Bonchev–Trinajstić information content (AvgIpc) is 2.80. The molecule has 0 atom stereocenters. The summed E-state index contributed by atoms with van der Waals surface area (Å²) in [6, 6.07) is 18.8. The van der Waals surface area contributed by atoms with Crippen molar-refractivity contribution in [2.45, 2.75) is 18.5 Å². The van der Waals surface area contributed by atoms with Crippen LogP contribution in [0.25, 0.3) is 16.6 Å². The summed E-state index contributed by atoms with van der Waals surface area (Å²) < 4.78 is 14.9. The van der Waals surface area contributed by atoms with Crippen LogP contribution in [-0.4, -0.2) is 21.2 Å². The van der Waals surface area contributed by atoms with E-state index in [2.05, 4.69) is 17.2 Å². The highest BCUT2D eigenvalue weighted by molar-refractivity contribution is 7.99. The molecule has 1 heterocycles. The molecule has 0 bridgehead atoms. The van der Waals surface area contributed by atoms with Crippen molar-refractivity contribution in [3.05, 3.63) is 93.5 Å². The number of aryl methyl sites for hydroxylation is 1. The molecule has 32 heavy (non-hydrogen) atoms. The molecule has 0 unspecified atom stereocenters. The number of thioether (sulfide) groups is 1. The van der Waals surface area contributed by atoms with Gasteiger partial charge < -0.3 is 5.32 Å². The van der Waals surface area contributed by atoms with E-state index >= 15 is 0 Å². The van der Waals surface area contributed by atoms with Crippen LogP contribution in [0.1, 0.15) is 12.5 Å². The predicted octanol–water partition coefficient (Wildman–Crippen LogP) is 5.47. The molecule has 162 valence electrons. The number of fused-ring (bicyclic) bond motifs is 1. The van der Waals surface area contributed by atoms with Crippen LogP contribution in [0.2, 0.25) is 5.02 Å². The Morgan fingerprint density at radius 3 is 2.59 bits per heavy atom. The third kappa shape index (κ3) is 4.69. The van der Waals surface area contributed by atoms with E-state index in [0.717, 1.165) is 23.7 Å². The first-order valence-electron chi connectivity index (χ1n) is 9.95. The molecule has 0 radical (unpaired) electrons. The van der Waals surface area contributed by atoms with Crippen LogP contribution < -0.4 is 10.9 Å². The predicted molar refractivity (Wildman–Crippen MR) is 127 cm³/mol. The number of amides is 1. The van der Waals surface area contributed by atoms with E-state index in [4.69, 9.17) is 11.6 Å². The van der Waals surface area contributed by atoms with Gasteiger partial charge in [-0.3, -0.25) is 14.2 Å². The van der Waals surface area contributed by atoms with Crippen molar-refractivity contribution in [2.24, 2.45) is 0 Å². The van der Waals surface area contributed by atoms with Gasteiger partial charge >= 0.3 is 0 Å². The van der Waals surface area contributed by atoms with Crippen molar-refractivity contribution in [2.75, 3.05) is 11.1 Å². The van der Waals surface area contributed by atoms with Crippen LogP contribution in [0.5, 0.6) is 0 Å². The van der Waals surface area contributed by atoms with Gasteiger partial charge in [-0.15, -0.1) is 0 Å². The maximum absolute atomic E-state index is 13.3. The van der Waals surface area contributed by atoms with Gasteiger partial charge in [-0.25, -0.2) is 9.37 Å².